The van der Waals surface area contributed by atoms with E-state index in [2.05, 4.69) is 24.2 Å². The highest BCUT2D eigenvalue weighted by Crippen LogP contribution is 2.17. The van der Waals surface area contributed by atoms with Crippen molar-refractivity contribution in [1.82, 2.24) is 10.2 Å². The molecule has 20 heavy (non-hydrogen) atoms. The Balaban J connectivity index is 2.44. The van der Waals surface area contributed by atoms with Crippen LogP contribution in [0, 0.1) is 5.82 Å². The van der Waals surface area contributed by atoms with Crippen molar-refractivity contribution in [2.45, 2.75) is 25.8 Å². The summed E-state index contributed by atoms with van der Waals surface area (Å²) in [6, 6.07) is 7.08. The minimum atomic E-state index is -0.180. The SMILES string of the molecule is CCNC(CCN(C)CCCOC)c1ccc(F)cc1. The molecule has 0 aliphatic heterocycles. The Morgan fingerprint density at radius 2 is 1.95 bits per heavy atom. The molecular formula is C16H27FN2O. The number of benzene rings is 1. The van der Waals surface area contributed by atoms with Gasteiger partial charge in [-0.3, -0.25) is 0 Å². The number of hydrogen-bond acceptors (Lipinski definition) is 3. The van der Waals surface area contributed by atoms with Crippen LogP contribution >= 0.6 is 0 Å². The first-order chi connectivity index (χ1) is 9.67. The van der Waals surface area contributed by atoms with E-state index in [0.29, 0.717) is 0 Å². The lowest BCUT2D eigenvalue weighted by Gasteiger charge is -2.22. The van der Waals surface area contributed by atoms with Crippen molar-refractivity contribution < 1.29 is 9.13 Å². The molecule has 4 heteroatoms. The zero-order valence-corrected chi connectivity index (χ0v) is 12.9. The average Bonchev–Trinajstić information content (AvgIpc) is 2.45. The molecule has 3 nitrogen and oxygen atoms in total. The Bertz CT molecular complexity index is 356. The third kappa shape index (κ3) is 6.46. The number of hydrogen-bond donors (Lipinski definition) is 1. The van der Waals surface area contributed by atoms with Crippen LogP contribution in [-0.4, -0.2) is 45.3 Å². The van der Waals surface area contributed by atoms with E-state index in [-0.39, 0.29) is 11.9 Å². The summed E-state index contributed by atoms with van der Waals surface area (Å²) < 4.78 is 18.0. The zero-order chi connectivity index (χ0) is 14.8. The summed E-state index contributed by atoms with van der Waals surface area (Å²) in [5.74, 6) is -0.180. The van der Waals surface area contributed by atoms with Gasteiger partial charge in [-0.2, -0.15) is 0 Å². The number of methoxy groups -OCH3 is 1. The summed E-state index contributed by atoms with van der Waals surface area (Å²) in [5.41, 5.74) is 1.15. The molecule has 0 amide bonds. The van der Waals surface area contributed by atoms with Crippen molar-refractivity contribution in [3.8, 4) is 0 Å². The standard InChI is InChI=1S/C16H27FN2O/c1-4-18-16(14-6-8-15(17)9-7-14)10-12-19(2)11-5-13-20-3/h6-9,16,18H,4-5,10-13H2,1-3H3. The third-order valence-corrected chi connectivity index (χ3v) is 3.41. The van der Waals surface area contributed by atoms with Gasteiger partial charge in [-0.15, -0.1) is 0 Å². The molecule has 114 valence electrons. The maximum atomic E-state index is 13.0. The first-order valence-corrected chi connectivity index (χ1v) is 7.33. The van der Waals surface area contributed by atoms with Crippen LogP contribution in [0.15, 0.2) is 24.3 Å². The van der Waals surface area contributed by atoms with E-state index >= 15 is 0 Å². The van der Waals surface area contributed by atoms with Crippen LogP contribution in [-0.2, 0) is 4.74 Å². The molecule has 0 saturated heterocycles. The van der Waals surface area contributed by atoms with Crippen molar-refractivity contribution in [2.24, 2.45) is 0 Å². The number of rotatable bonds is 10. The van der Waals surface area contributed by atoms with Gasteiger partial charge in [0, 0.05) is 26.3 Å². The van der Waals surface area contributed by atoms with Crippen LogP contribution in [0.4, 0.5) is 4.39 Å². The molecule has 0 spiro atoms. The summed E-state index contributed by atoms with van der Waals surface area (Å²) in [5, 5.41) is 3.47. The number of halogens is 1. The monoisotopic (exact) mass is 282 g/mol. The van der Waals surface area contributed by atoms with Gasteiger partial charge in [0.1, 0.15) is 5.82 Å². The molecule has 0 aromatic heterocycles. The molecule has 0 saturated carbocycles. The summed E-state index contributed by atoms with van der Waals surface area (Å²) in [7, 11) is 3.86. The van der Waals surface area contributed by atoms with Gasteiger partial charge in [-0.25, -0.2) is 4.39 Å². The molecule has 0 heterocycles. The second kappa shape index (κ2) is 9.86. The topological polar surface area (TPSA) is 24.5 Å². The van der Waals surface area contributed by atoms with E-state index in [0.717, 1.165) is 44.6 Å². The van der Waals surface area contributed by atoms with Crippen LogP contribution in [0.25, 0.3) is 0 Å². The Kier molecular flexibility index (Phi) is 8.42. The Hall–Kier alpha value is -0.970. The average molecular weight is 282 g/mol. The molecule has 0 radical (unpaired) electrons. The lowest BCUT2D eigenvalue weighted by Crippen LogP contribution is -2.28. The Labute approximate surface area is 122 Å². The van der Waals surface area contributed by atoms with Gasteiger partial charge >= 0.3 is 0 Å². The summed E-state index contributed by atoms with van der Waals surface area (Å²) in [4.78, 5) is 2.31. The van der Waals surface area contributed by atoms with Gasteiger partial charge in [-0.1, -0.05) is 19.1 Å². The van der Waals surface area contributed by atoms with Crippen molar-refractivity contribution in [2.75, 3.05) is 40.4 Å². The Morgan fingerprint density at radius 1 is 1.25 bits per heavy atom. The van der Waals surface area contributed by atoms with Gasteiger partial charge in [0.05, 0.1) is 0 Å². The lowest BCUT2D eigenvalue weighted by atomic mass is 10.0. The first-order valence-electron chi connectivity index (χ1n) is 7.33. The third-order valence-electron chi connectivity index (χ3n) is 3.41. The van der Waals surface area contributed by atoms with E-state index < -0.39 is 0 Å². The lowest BCUT2D eigenvalue weighted by molar-refractivity contribution is 0.178. The minimum absolute atomic E-state index is 0.180. The van der Waals surface area contributed by atoms with Crippen molar-refractivity contribution >= 4 is 0 Å². The van der Waals surface area contributed by atoms with Crippen molar-refractivity contribution in [1.29, 1.82) is 0 Å². The van der Waals surface area contributed by atoms with Crippen LogP contribution in [0.5, 0.6) is 0 Å². The Morgan fingerprint density at radius 3 is 2.55 bits per heavy atom. The van der Waals surface area contributed by atoms with E-state index in [1.54, 1.807) is 7.11 Å². The summed E-state index contributed by atoms with van der Waals surface area (Å²) in [6.07, 6.45) is 2.07. The van der Waals surface area contributed by atoms with Crippen LogP contribution in [0.3, 0.4) is 0 Å². The van der Waals surface area contributed by atoms with E-state index in [4.69, 9.17) is 4.74 Å². The van der Waals surface area contributed by atoms with E-state index in [9.17, 15) is 4.39 Å². The molecule has 0 bridgehead atoms. The molecule has 0 fully saturated rings. The van der Waals surface area contributed by atoms with Crippen molar-refractivity contribution in [3.63, 3.8) is 0 Å². The maximum absolute atomic E-state index is 13.0. The smallest absolute Gasteiger partial charge is 0.123 e. The van der Waals surface area contributed by atoms with Gasteiger partial charge in [-0.05, 0) is 50.7 Å². The van der Waals surface area contributed by atoms with Gasteiger partial charge in [0.25, 0.3) is 0 Å². The van der Waals surface area contributed by atoms with E-state index in [1.807, 2.05) is 12.1 Å². The fourth-order valence-corrected chi connectivity index (χ4v) is 2.27. The molecule has 1 aromatic carbocycles. The molecule has 1 unspecified atom stereocenters. The fraction of sp³-hybridized carbons (Fsp3) is 0.625. The van der Waals surface area contributed by atoms with Gasteiger partial charge in [0.15, 0.2) is 0 Å². The van der Waals surface area contributed by atoms with Crippen LogP contribution < -0.4 is 5.32 Å². The zero-order valence-electron chi connectivity index (χ0n) is 12.9. The molecule has 0 aliphatic carbocycles. The number of nitrogens with one attached hydrogen (secondary N) is 1. The predicted molar refractivity (Wildman–Crippen MR) is 81.4 cm³/mol. The van der Waals surface area contributed by atoms with Gasteiger partial charge < -0.3 is 15.0 Å². The second-order valence-electron chi connectivity index (χ2n) is 5.10. The fourth-order valence-electron chi connectivity index (χ4n) is 2.27. The van der Waals surface area contributed by atoms with Crippen molar-refractivity contribution in [3.05, 3.63) is 35.6 Å². The summed E-state index contributed by atoms with van der Waals surface area (Å²) in [6.45, 7) is 5.86. The minimum Gasteiger partial charge on any atom is -0.385 e. The highest BCUT2D eigenvalue weighted by Gasteiger charge is 2.11. The maximum Gasteiger partial charge on any atom is 0.123 e. The highest BCUT2D eigenvalue weighted by molar-refractivity contribution is 5.19. The quantitative estimate of drug-likeness (QED) is 0.668. The molecule has 1 N–H and O–H groups in total. The normalized spacial score (nSPS) is 12.8. The summed E-state index contributed by atoms with van der Waals surface area (Å²) >= 11 is 0. The first kappa shape index (κ1) is 17.1. The predicted octanol–water partition coefficient (Wildman–Crippen LogP) is 2.83. The second-order valence-corrected chi connectivity index (χ2v) is 5.10. The highest BCUT2D eigenvalue weighted by atomic mass is 19.1. The largest absolute Gasteiger partial charge is 0.385 e. The molecule has 1 rings (SSSR count). The van der Waals surface area contributed by atoms with Gasteiger partial charge in [0.2, 0.25) is 0 Å². The number of nitrogens with zero attached hydrogens (tertiary/aromatic N) is 1. The van der Waals surface area contributed by atoms with Crippen LogP contribution in [0.2, 0.25) is 0 Å². The van der Waals surface area contributed by atoms with Crippen LogP contribution in [0.1, 0.15) is 31.4 Å². The molecule has 1 atom stereocenters. The van der Waals surface area contributed by atoms with E-state index in [1.165, 1.54) is 12.1 Å². The molecule has 0 aliphatic rings. The molecule has 1 aromatic rings. The molecular weight excluding hydrogens is 255 g/mol. The number of ether oxygens (including phenoxy) is 1.